The molecule has 0 radical (unpaired) electrons. The number of carbonyl (C=O) groups is 1. The van der Waals surface area contributed by atoms with Gasteiger partial charge in [-0.2, -0.15) is 0 Å². The van der Waals surface area contributed by atoms with Gasteiger partial charge in [0.25, 0.3) is 5.56 Å². The Hall–Kier alpha value is -3.13. The van der Waals surface area contributed by atoms with Crippen molar-refractivity contribution in [3.63, 3.8) is 0 Å². The normalized spacial score (nSPS) is 19.1. The largest absolute Gasteiger partial charge is 0.497 e. The molecular formula is C18H18N2O6. The lowest BCUT2D eigenvalue weighted by Gasteiger charge is -2.18. The summed E-state index contributed by atoms with van der Waals surface area (Å²) >= 11 is 0. The Labute approximate surface area is 148 Å². The van der Waals surface area contributed by atoms with Gasteiger partial charge in [0, 0.05) is 19.2 Å². The Morgan fingerprint density at radius 1 is 1.31 bits per heavy atom. The molecular weight excluding hydrogens is 340 g/mol. The fraction of sp³-hybridized carbons (Fsp3) is 0.278. The molecule has 3 rings (SSSR count). The summed E-state index contributed by atoms with van der Waals surface area (Å²) in [5.74, 6) is 0.238. The van der Waals surface area contributed by atoms with E-state index in [4.69, 9.17) is 14.2 Å². The average Bonchev–Trinajstić information content (AvgIpc) is 3.04. The van der Waals surface area contributed by atoms with Crippen LogP contribution < -0.4 is 16.0 Å². The molecule has 26 heavy (non-hydrogen) atoms. The molecule has 1 aromatic carbocycles. The van der Waals surface area contributed by atoms with Crippen LogP contribution in [0.4, 0.5) is 0 Å². The summed E-state index contributed by atoms with van der Waals surface area (Å²) < 4.78 is 17.5. The highest BCUT2D eigenvalue weighted by atomic mass is 16.6. The maximum Gasteiger partial charge on any atom is 0.330 e. The standard InChI is InChI=1S/C18H18N2O6/c1-11(21)25-10-15-14(12-4-3-5-13(8-12)24-2)9-17(26-15)20-7-6-16(22)19-18(20)23/h3-9,15,17H,10H2,1-2H3,(H,19,22,23)/t15-,17-/m1/s1. The van der Waals surface area contributed by atoms with Crippen LogP contribution in [-0.4, -0.2) is 35.3 Å². The van der Waals surface area contributed by atoms with Crippen LogP contribution in [0.5, 0.6) is 5.75 Å². The predicted octanol–water partition coefficient (Wildman–Crippen LogP) is 1.09. The minimum absolute atomic E-state index is 0.00692. The van der Waals surface area contributed by atoms with Gasteiger partial charge in [-0.05, 0) is 29.3 Å². The number of methoxy groups -OCH3 is 1. The quantitative estimate of drug-likeness (QED) is 0.803. The number of hydrogen-bond donors (Lipinski definition) is 1. The Morgan fingerprint density at radius 3 is 2.81 bits per heavy atom. The molecule has 1 aliphatic rings. The highest BCUT2D eigenvalue weighted by Crippen LogP contribution is 2.34. The zero-order chi connectivity index (χ0) is 18.7. The molecule has 0 saturated heterocycles. The molecule has 0 fully saturated rings. The van der Waals surface area contributed by atoms with E-state index in [-0.39, 0.29) is 6.61 Å². The Balaban J connectivity index is 1.98. The van der Waals surface area contributed by atoms with Crippen molar-refractivity contribution in [3.05, 3.63) is 69.0 Å². The molecule has 8 nitrogen and oxygen atoms in total. The monoisotopic (exact) mass is 358 g/mol. The van der Waals surface area contributed by atoms with Crippen LogP contribution in [0, 0.1) is 0 Å². The topological polar surface area (TPSA) is 99.6 Å². The lowest BCUT2D eigenvalue weighted by molar-refractivity contribution is -0.144. The molecule has 8 heteroatoms. The van der Waals surface area contributed by atoms with Crippen LogP contribution in [0.1, 0.15) is 18.7 Å². The third-order valence-corrected chi connectivity index (χ3v) is 3.94. The highest BCUT2D eigenvalue weighted by molar-refractivity contribution is 5.72. The van der Waals surface area contributed by atoms with Crippen molar-refractivity contribution in [2.24, 2.45) is 0 Å². The molecule has 0 bridgehead atoms. The van der Waals surface area contributed by atoms with Crippen LogP contribution in [0.25, 0.3) is 5.57 Å². The molecule has 1 aliphatic heterocycles. The number of benzene rings is 1. The first-order valence-corrected chi connectivity index (χ1v) is 7.94. The number of nitrogens with one attached hydrogen (secondary N) is 1. The van der Waals surface area contributed by atoms with Gasteiger partial charge >= 0.3 is 11.7 Å². The fourth-order valence-corrected chi connectivity index (χ4v) is 2.72. The van der Waals surface area contributed by atoms with Crippen molar-refractivity contribution in [1.82, 2.24) is 9.55 Å². The van der Waals surface area contributed by atoms with Crippen molar-refractivity contribution in [3.8, 4) is 5.75 Å². The van der Waals surface area contributed by atoms with E-state index < -0.39 is 29.6 Å². The van der Waals surface area contributed by atoms with E-state index in [1.165, 1.54) is 23.8 Å². The summed E-state index contributed by atoms with van der Waals surface area (Å²) in [6, 6.07) is 8.58. The first kappa shape index (κ1) is 17.7. The summed E-state index contributed by atoms with van der Waals surface area (Å²) in [5, 5.41) is 0. The van der Waals surface area contributed by atoms with Gasteiger partial charge in [-0.15, -0.1) is 0 Å². The summed E-state index contributed by atoms with van der Waals surface area (Å²) in [7, 11) is 1.57. The third-order valence-electron chi connectivity index (χ3n) is 3.94. The van der Waals surface area contributed by atoms with E-state index in [0.717, 1.165) is 11.1 Å². The maximum absolute atomic E-state index is 12.0. The van der Waals surface area contributed by atoms with E-state index in [2.05, 4.69) is 4.98 Å². The van der Waals surface area contributed by atoms with Gasteiger partial charge < -0.3 is 14.2 Å². The van der Waals surface area contributed by atoms with Crippen molar-refractivity contribution in [1.29, 1.82) is 0 Å². The van der Waals surface area contributed by atoms with Crippen molar-refractivity contribution in [2.75, 3.05) is 13.7 Å². The van der Waals surface area contributed by atoms with Gasteiger partial charge in [0.05, 0.1) is 7.11 Å². The summed E-state index contributed by atoms with van der Waals surface area (Å²) in [5.41, 5.74) is 0.504. The van der Waals surface area contributed by atoms with E-state index in [9.17, 15) is 14.4 Å². The number of aromatic nitrogens is 2. The average molecular weight is 358 g/mol. The number of nitrogens with zero attached hydrogens (tertiary/aromatic N) is 1. The van der Waals surface area contributed by atoms with Crippen LogP contribution >= 0.6 is 0 Å². The first-order chi connectivity index (χ1) is 12.5. The molecule has 2 atom stereocenters. The van der Waals surface area contributed by atoms with Crippen LogP contribution in [0.2, 0.25) is 0 Å². The smallest absolute Gasteiger partial charge is 0.330 e. The zero-order valence-electron chi connectivity index (χ0n) is 14.3. The molecule has 1 N–H and O–H groups in total. The molecule has 2 aromatic rings. The number of ether oxygens (including phenoxy) is 3. The Morgan fingerprint density at radius 2 is 2.12 bits per heavy atom. The van der Waals surface area contributed by atoms with Crippen molar-refractivity contribution in [2.45, 2.75) is 19.3 Å². The van der Waals surface area contributed by atoms with Crippen LogP contribution in [0.3, 0.4) is 0 Å². The van der Waals surface area contributed by atoms with E-state index in [1.807, 2.05) is 24.3 Å². The third kappa shape index (κ3) is 3.75. The van der Waals surface area contributed by atoms with E-state index in [0.29, 0.717) is 5.75 Å². The number of H-pyrrole nitrogens is 1. The zero-order valence-corrected chi connectivity index (χ0v) is 14.3. The van der Waals surface area contributed by atoms with E-state index >= 15 is 0 Å². The SMILES string of the molecule is COc1cccc(C2=C[C@H](n3ccc(=O)[nH]c3=O)O[C@@H]2COC(C)=O)c1. The lowest BCUT2D eigenvalue weighted by Crippen LogP contribution is -2.32. The number of aromatic amines is 1. The van der Waals surface area contributed by atoms with E-state index in [1.54, 1.807) is 13.2 Å². The van der Waals surface area contributed by atoms with Gasteiger partial charge in [0.1, 0.15) is 18.5 Å². The van der Waals surface area contributed by atoms with Gasteiger partial charge in [0.15, 0.2) is 6.23 Å². The molecule has 0 aliphatic carbocycles. The summed E-state index contributed by atoms with van der Waals surface area (Å²) in [6.07, 6.45) is 1.82. The lowest BCUT2D eigenvalue weighted by atomic mass is 10.0. The highest BCUT2D eigenvalue weighted by Gasteiger charge is 2.30. The Bertz CT molecular complexity index is 958. The van der Waals surface area contributed by atoms with Gasteiger partial charge in [0.2, 0.25) is 0 Å². The van der Waals surface area contributed by atoms with Crippen LogP contribution in [0.15, 0.2) is 52.2 Å². The molecule has 2 heterocycles. The second kappa shape index (κ2) is 7.40. The summed E-state index contributed by atoms with van der Waals surface area (Å²) in [6.45, 7) is 1.32. The van der Waals surface area contributed by atoms with Crippen molar-refractivity contribution < 1.29 is 19.0 Å². The first-order valence-electron chi connectivity index (χ1n) is 7.94. The van der Waals surface area contributed by atoms with Gasteiger partial charge in [-0.25, -0.2) is 4.79 Å². The van der Waals surface area contributed by atoms with Gasteiger partial charge in [-0.3, -0.25) is 19.1 Å². The number of rotatable bonds is 5. The molecule has 0 amide bonds. The second-order valence-corrected chi connectivity index (χ2v) is 5.69. The van der Waals surface area contributed by atoms with Gasteiger partial charge in [-0.1, -0.05) is 12.1 Å². The molecule has 1 aromatic heterocycles. The fourth-order valence-electron chi connectivity index (χ4n) is 2.72. The number of hydrogen-bond acceptors (Lipinski definition) is 6. The predicted molar refractivity (Wildman–Crippen MR) is 92.8 cm³/mol. The van der Waals surface area contributed by atoms with Crippen molar-refractivity contribution >= 4 is 11.5 Å². The molecule has 0 unspecified atom stereocenters. The maximum atomic E-state index is 12.0. The van der Waals surface area contributed by atoms with Crippen LogP contribution in [-0.2, 0) is 14.3 Å². The number of carbonyl (C=O) groups excluding carboxylic acids is 1. The minimum atomic E-state index is -0.735. The Kier molecular flexibility index (Phi) is 5.04. The second-order valence-electron chi connectivity index (χ2n) is 5.69. The number of esters is 1. The molecule has 136 valence electrons. The molecule has 0 saturated carbocycles. The summed E-state index contributed by atoms with van der Waals surface area (Å²) in [4.78, 5) is 36.7. The minimum Gasteiger partial charge on any atom is -0.497 e. The molecule has 0 spiro atoms.